The summed E-state index contributed by atoms with van der Waals surface area (Å²) in [5.74, 6) is 0.416. The van der Waals surface area contributed by atoms with Crippen molar-refractivity contribution in [1.29, 1.82) is 0 Å². The number of carbonyl (C=O) groups excluding carboxylic acids is 1. The van der Waals surface area contributed by atoms with E-state index in [4.69, 9.17) is 20.7 Å². The number of fused-ring (bicyclic) bond motifs is 2. The molecule has 0 atom stereocenters. The van der Waals surface area contributed by atoms with Gasteiger partial charge >= 0.3 is 0 Å². The SMILES string of the molecule is NC(=O)c1ccc2nc(-c3nc(N4CCC4)nc4c3CCC4)sc2c1. The van der Waals surface area contributed by atoms with E-state index in [1.165, 1.54) is 17.7 Å². The van der Waals surface area contributed by atoms with Crippen molar-refractivity contribution >= 4 is 33.4 Å². The molecule has 0 spiro atoms. The molecule has 3 heterocycles. The lowest BCUT2D eigenvalue weighted by atomic mass is 10.1. The van der Waals surface area contributed by atoms with E-state index in [1.54, 1.807) is 17.4 Å². The fourth-order valence-corrected chi connectivity index (χ4v) is 4.46. The first-order chi connectivity index (χ1) is 12.2. The largest absolute Gasteiger partial charge is 0.366 e. The Morgan fingerprint density at radius 1 is 1.12 bits per heavy atom. The van der Waals surface area contributed by atoms with Crippen LogP contribution in [0.2, 0.25) is 0 Å². The predicted octanol–water partition coefficient (Wildman–Crippen LogP) is 2.55. The molecular weight excluding hydrogens is 334 g/mol. The number of hydrogen-bond donors (Lipinski definition) is 1. The topological polar surface area (TPSA) is 85.0 Å². The number of carbonyl (C=O) groups is 1. The highest BCUT2D eigenvalue weighted by molar-refractivity contribution is 7.21. The number of amides is 1. The van der Waals surface area contributed by atoms with Crippen LogP contribution in [0, 0.1) is 0 Å². The Balaban J connectivity index is 1.66. The number of rotatable bonds is 3. The van der Waals surface area contributed by atoms with E-state index in [0.29, 0.717) is 5.56 Å². The zero-order chi connectivity index (χ0) is 17.0. The third kappa shape index (κ3) is 2.38. The van der Waals surface area contributed by atoms with Gasteiger partial charge in [0.25, 0.3) is 0 Å². The van der Waals surface area contributed by atoms with Gasteiger partial charge in [0.15, 0.2) is 0 Å². The Kier molecular flexibility index (Phi) is 3.24. The summed E-state index contributed by atoms with van der Waals surface area (Å²) in [6.07, 6.45) is 4.35. The van der Waals surface area contributed by atoms with E-state index in [2.05, 4.69) is 4.90 Å². The van der Waals surface area contributed by atoms with Crippen molar-refractivity contribution in [3.8, 4) is 10.7 Å². The molecule has 25 heavy (non-hydrogen) atoms. The van der Waals surface area contributed by atoms with Gasteiger partial charge in [-0.1, -0.05) is 0 Å². The third-order valence-electron chi connectivity index (χ3n) is 4.94. The Morgan fingerprint density at radius 2 is 2.00 bits per heavy atom. The molecule has 0 saturated carbocycles. The molecule has 1 fully saturated rings. The summed E-state index contributed by atoms with van der Waals surface area (Å²) in [5.41, 5.74) is 10.1. The molecule has 1 aliphatic carbocycles. The first kappa shape index (κ1) is 14.8. The molecule has 2 aliphatic rings. The summed E-state index contributed by atoms with van der Waals surface area (Å²) in [6.45, 7) is 2.06. The number of primary amides is 1. The average molecular weight is 351 g/mol. The van der Waals surface area contributed by atoms with Gasteiger partial charge in [0, 0.05) is 29.9 Å². The molecule has 3 aromatic rings. The van der Waals surface area contributed by atoms with Crippen LogP contribution in [0.3, 0.4) is 0 Å². The Labute approximate surface area is 148 Å². The first-order valence-electron chi connectivity index (χ1n) is 8.54. The van der Waals surface area contributed by atoms with Crippen LogP contribution < -0.4 is 10.6 Å². The molecule has 1 saturated heterocycles. The van der Waals surface area contributed by atoms with Crippen LogP contribution in [0.15, 0.2) is 18.2 Å². The first-order valence-corrected chi connectivity index (χ1v) is 9.36. The zero-order valence-electron chi connectivity index (χ0n) is 13.7. The quantitative estimate of drug-likeness (QED) is 0.784. The molecule has 2 aromatic heterocycles. The number of aromatic nitrogens is 3. The lowest BCUT2D eigenvalue weighted by molar-refractivity contribution is 0.100. The summed E-state index contributed by atoms with van der Waals surface area (Å²) in [7, 11) is 0. The normalized spacial score (nSPS) is 16.1. The number of hydrogen-bond acceptors (Lipinski definition) is 6. The molecule has 7 heteroatoms. The molecule has 0 unspecified atom stereocenters. The van der Waals surface area contributed by atoms with E-state index in [-0.39, 0.29) is 0 Å². The van der Waals surface area contributed by atoms with Gasteiger partial charge in [0.05, 0.1) is 10.2 Å². The van der Waals surface area contributed by atoms with Crippen molar-refractivity contribution in [2.45, 2.75) is 25.7 Å². The molecule has 2 N–H and O–H groups in total. The van der Waals surface area contributed by atoms with E-state index in [9.17, 15) is 4.79 Å². The molecule has 1 aromatic carbocycles. The summed E-state index contributed by atoms with van der Waals surface area (Å²) in [4.78, 5) is 28.0. The lowest BCUT2D eigenvalue weighted by Crippen LogP contribution is -2.38. The molecule has 0 bridgehead atoms. The van der Waals surface area contributed by atoms with Crippen molar-refractivity contribution in [3.63, 3.8) is 0 Å². The second-order valence-corrected chi connectivity index (χ2v) is 7.59. The van der Waals surface area contributed by atoms with Crippen LogP contribution >= 0.6 is 11.3 Å². The molecular formula is C18H17N5OS. The van der Waals surface area contributed by atoms with Crippen LogP contribution in [-0.2, 0) is 12.8 Å². The van der Waals surface area contributed by atoms with E-state index in [1.807, 2.05) is 12.1 Å². The highest BCUT2D eigenvalue weighted by Crippen LogP contribution is 2.36. The van der Waals surface area contributed by atoms with Crippen LogP contribution in [0.4, 0.5) is 5.95 Å². The molecule has 0 radical (unpaired) electrons. The van der Waals surface area contributed by atoms with Gasteiger partial charge in [-0.25, -0.2) is 15.0 Å². The minimum Gasteiger partial charge on any atom is -0.366 e. The van der Waals surface area contributed by atoms with Gasteiger partial charge in [0.1, 0.15) is 10.7 Å². The maximum atomic E-state index is 11.4. The number of aryl methyl sites for hydroxylation is 1. The fourth-order valence-electron chi connectivity index (χ4n) is 3.43. The Bertz CT molecular complexity index is 1010. The predicted molar refractivity (Wildman–Crippen MR) is 98.0 cm³/mol. The van der Waals surface area contributed by atoms with Crippen molar-refractivity contribution in [3.05, 3.63) is 35.0 Å². The van der Waals surface area contributed by atoms with E-state index >= 15 is 0 Å². The minimum absolute atomic E-state index is 0.417. The van der Waals surface area contributed by atoms with Crippen molar-refractivity contribution < 1.29 is 4.79 Å². The van der Waals surface area contributed by atoms with E-state index < -0.39 is 5.91 Å². The molecule has 1 aliphatic heterocycles. The molecule has 5 rings (SSSR count). The zero-order valence-corrected chi connectivity index (χ0v) is 14.5. The Hall–Kier alpha value is -2.54. The number of thiazole rings is 1. The van der Waals surface area contributed by atoms with Crippen LogP contribution in [0.25, 0.3) is 20.9 Å². The smallest absolute Gasteiger partial charge is 0.248 e. The monoisotopic (exact) mass is 351 g/mol. The van der Waals surface area contributed by atoms with Gasteiger partial charge < -0.3 is 10.6 Å². The van der Waals surface area contributed by atoms with Crippen LogP contribution in [0.5, 0.6) is 0 Å². The summed E-state index contributed by atoms with van der Waals surface area (Å²) >= 11 is 1.57. The summed E-state index contributed by atoms with van der Waals surface area (Å²) in [5, 5.41) is 0.902. The fraction of sp³-hybridized carbons (Fsp3) is 0.333. The van der Waals surface area contributed by atoms with Crippen molar-refractivity contribution in [2.75, 3.05) is 18.0 Å². The second kappa shape index (κ2) is 5.49. The standard InChI is InChI=1S/C18H17N5OS/c19-16(24)10-5-6-13-14(9-10)25-17(20-13)15-11-3-1-4-12(11)21-18(22-15)23-7-2-8-23/h5-6,9H,1-4,7-8H2,(H2,19,24). The average Bonchev–Trinajstić information content (AvgIpc) is 3.17. The highest BCUT2D eigenvalue weighted by atomic mass is 32.1. The molecule has 126 valence electrons. The number of anilines is 1. The number of benzene rings is 1. The van der Waals surface area contributed by atoms with Crippen LogP contribution in [0.1, 0.15) is 34.5 Å². The highest BCUT2D eigenvalue weighted by Gasteiger charge is 2.26. The Morgan fingerprint density at radius 3 is 2.76 bits per heavy atom. The van der Waals surface area contributed by atoms with Crippen molar-refractivity contribution in [2.24, 2.45) is 5.73 Å². The van der Waals surface area contributed by atoms with Crippen LogP contribution in [-0.4, -0.2) is 33.9 Å². The van der Waals surface area contributed by atoms with Gasteiger partial charge in [0.2, 0.25) is 11.9 Å². The minimum atomic E-state index is -0.417. The van der Waals surface area contributed by atoms with Gasteiger partial charge in [-0.3, -0.25) is 4.79 Å². The number of nitrogens with zero attached hydrogens (tertiary/aromatic N) is 4. The summed E-state index contributed by atoms with van der Waals surface area (Å²) < 4.78 is 0.960. The third-order valence-corrected chi connectivity index (χ3v) is 5.96. The maximum Gasteiger partial charge on any atom is 0.248 e. The summed E-state index contributed by atoms with van der Waals surface area (Å²) in [6, 6.07) is 5.40. The molecule has 6 nitrogen and oxygen atoms in total. The maximum absolute atomic E-state index is 11.4. The van der Waals surface area contributed by atoms with Gasteiger partial charge in [-0.2, -0.15) is 0 Å². The second-order valence-electron chi connectivity index (χ2n) is 6.56. The van der Waals surface area contributed by atoms with E-state index in [0.717, 1.165) is 59.2 Å². The molecule has 1 amide bonds. The van der Waals surface area contributed by atoms with Gasteiger partial charge in [-0.05, 0) is 43.9 Å². The van der Waals surface area contributed by atoms with Gasteiger partial charge in [-0.15, -0.1) is 11.3 Å². The number of nitrogens with two attached hydrogens (primary N) is 1. The van der Waals surface area contributed by atoms with Crippen molar-refractivity contribution in [1.82, 2.24) is 15.0 Å². The lowest BCUT2D eigenvalue weighted by Gasteiger charge is -2.31.